The number of rotatable bonds is 10. The van der Waals surface area contributed by atoms with Gasteiger partial charge in [0.1, 0.15) is 27.5 Å². The largest absolute Gasteiger partial charge is 0.481 e. The number of aryl methyl sites for hydroxylation is 1. The number of carboxylic acid groups (broad SMARTS) is 1. The molecule has 39 heavy (non-hydrogen) atoms. The van der Waals surface area contributed by atoms with E-state index in [9.17, 15) is 24.3 Å². The van der Waals surface area contributed by atoms with Crippen LogP contribution in [0.4, 0.5) is 5.13 Å². The van der Waals surface area contributed by atoms with Crippen molar-refractivity contribution in [2.24, 2.45) is 16.4 Å². The van der Waals surface area contributed by atoms with E-state index in [0.29, 0.717) is 4.34 Å². The number of carbonyl (C=O) groups is 4. The summed E-state index contributed by atoms with van der Waals surface area (Å²) >= 11 is 5.00. The fourth-order valence-corrected chi connectivity index (χ4v) is 7.67. The van der Waals surface area contributed by atoms with Crippen LogP contribution in [0.2, 0.25) is 0 Å². The number of thiazole rings is 1. The minimum Gasteiger partial charge on any atom is -0.481 e. The number of hydrogen-bond acceptors (Lipinski definition) is 15. The highest BCUT2D eigenvalue weighted by molar-refractivity contribution is 8.01. The van der Waals surface area contributed by atoms with Gasteiger partial charge < -0.3 is 25.9 Å². The Hall–Kier alpha value is -2.42. The Morgan fingerprint density at radius 3 is 2.69 bits per heavy atom. The SMILES string of the molecule is Cc1nnc(SCC2(C(=O)O)CS[C@@H]3C(NC(=O)C(=NOCC(=O)NN)c4csc(N)n4)C(=O)N3C2)s1.Cl.Cl. The van der Waals surface area contributed by atoms with Crippen molar-refractivity contribution in [2.45, 2.75) is 22.7 Å². The Labute approximate surface area is 250 Å². The fraction of sp³-hybridized carbons (Fsp3) is 0.444. The number of halogens is 2. The van der Waals surface area contributed by atoms with Gasteiger partial charge in [-0.25, -0.2) is 10.8 Å². The van der Waals surface area contributed by atoms with E-state index in [-0.39, 0.29) is 59.4 Å². The zero-order chi connectivity index (χ0) is 26.7. The maximum atomic E-state index is 13.0. The summed E-state index contributed by atoms with van der Waals surface area (Å²) in [6.07, 6.45) is 0. The molecule has 214 valence electrons. The van der Waals surface area contributed by atoms with Gasteiger partial charge in [-0.2, -0.15) is 0 Å². The minimum atomic E-state index is -1.18. The van der Waals surface area contributed by atoms with Crippen molar-refractivity contribution < 1.29 is 29.1 Å². The average Bonchev–Trinajstić information content (AvgIpc) is 3.50. The molecule has 0 saturated carbocycles. The van der Waals surface area contributed by atoms with Crippen LogP contribution in [0.25, 0.3) is 0 Å². The lowest BCUT2D eigenvalue weighted by Gasteiger charge is -2.53. The summed E-state index contributed by atoms with van der Waals surface area (Å²) in [4.78, 5) is 59.8. The summed E-state index contributed by atoms with van der Waals surface area (Å²) in [6.45, 7) is 1.26. The van der Waals surface area contributed by atoms with E-state index in [2.05, 4.69) is 25.7 Å². The van der Waals surface area contributed by atoms with E-state index in [0.717, 1.165) is 16.3 Å². The monoisotopic (exact) mass is 659 g/mol. The molecule has 3 atom stereocenters. The zero-order valence-corrected chi connectivity index (χ0v) is 24.8. The summed E-state index contributed by atoms with van der Waals surface area (Å²) in [7, 11) is 0. The molecule has 2 fully saturated rings. The van der Waals surface area contributed by atoms with Gasteiger partial charge in [-0.15, -0.1) is 58.1 Å². The van der Waals surface area contributed by atoms with Crippen LogP contribution in [-0.2, 0) is 24.0 Å². The van der Waals surface area contributed by atoms with Gasteiger partial charge in [0.15, 0.2) is 21.8 Å². The number of aromatic nitrogens is 3. The smallest absolute Gasteiger partial charge is 0.313 e. The number of carboxylic acids is 1. The number of oxime groups is 1. The molecule has 2 unspecified atom stereocenters. The van der Waals surface area contributed by atoms with Crippen molar-refractivity contribution in [1.82, 2.24) is 30.8 Å². The second-order valence-corrected chi connectivity index (χ2v) is 12.3. The molecule has 2 saturated heterocycles. The van der Waals surface area contributed by atoms with Crippen molar-refractivity contribution in [2.75, 3.05) is 30.4 Å². The van der Waals surface area contributed by atoms with Gasteiger partial charge >= 0.3 is 5.97 Å². The van der Waals surface area contributed by atoms with Gasteiger partial charge in [0.25, 0.3) is 11.8 Å². The van der Waals surface area contributed by atoms with Crippen LogP contribution in [0, 0.1) is 12.3 Å². The maximum Gasteiger partial charge on any atom is 0.313 e. The Balaban J connectivity index is 0.00000267. The number of nitrogens with two attached hydrogens (primary N) is 2. The Bertz CT molecular complexity index is 1260. The first kappa shape index (κ1) is 32.8. The number of thioether (sulfide) groups is 2. The Morgan fingerprint density at radius 1 is 1.36 bits per heavy atom. The predicted molar refractivity (Wildman–Crippen MR) is 151 cm³/mol. The second-order valence-electron chi connectivity index (χ2n) is 7.93. The number of β-lactam (4-membered cyclic amide) rings is 1. The van der Waals surface area contributed by atoms with E-state index in [1.54, 1.807) is 0 Å². The molecule has 21 heteroatoms. The van der Waals surface area contributed by atoms with Gasteiger partial charge in [-0.1, -0.05) is 28.3 Å². The molecule has 2 aromatic heterocycles. The molecule has 0 bridgehead atoms. The summed E-state index contributed by atoms with van der Waals surface area (Å²) in [5, 5.41) is 26.2. The summed E-state index contributed by atoms with van der Waals surface area (Å²) in [6, 6.07) is -0.906. The highest BCUT2D eigenvalue weighted by Gasteiger charge is 2.57. The van der Waals surface area contributed by atoms with Crippen LogP contribution in [-0.4, -0.2) is 90.7 Å². The molecule has 0 aliphatic carbocycles. The molecule has 4 heterocycles. The van der Waals surface area contributed by atoms with Gasteiger partial charge in [0.2, 0.25) is 5.91 Å². The van der Waals surface area contributed by atoms with Crippen molar-refractivity contribution in [3.8, 4) is 0 Å². The first-order chi connectivity index (χ1) is 17.6. The topological polar surface area (TPSA) is 228 Å². The molecule has 7 N–H and O–H groups in total. The van der Waals surface area contributed by atoms with Crippen molar-refractivity contribution in [3.63, 3.8) is 0 Å². The number of nitrogen functional groups attached to an aromatic ring is 1. The lowest BCUT2D eigenvalue weighted by Crippen LogP contribution is -2.74. The second kappa shape index (κ2) is 13.8. The molecule has 2 aromatic rings. The number of hydrogen-bond donors (Lipinski definition) is 5. The van der Waals surface area contributed by atoms with Gasteiger partial charge in [-0.3, -0.25) is 24.6 Å². The highest BCUT2D eigenvalue weighted by Crippen LogP contribution is 2.44. The predicted octanol–water partition coefficient (Wildman–Crippen LogP) is -0.297. The molecule has 2 aliphatic rings. The van der Waals surface area contributed by atoms with Gasteiger partial charge in [0, 0.05) is 23.4 Å². The van der Waals surface area contributed by atoms with Gasteiger partial charge in [-0.05, 0) is 6.92 Å². The number of hydrazine groups is 1. The number of nitrogens with one attached hydrogen (secondary N) is 2. The van der Waals surface area contributed by atoms with Crippen LogP contribution in [0.3, 0.4) is 0 Å². The van der Waals surface area contributed by atoms with E-state index < -0.39 is 47.1 Å². The molecule has 0 aromatic carbocycles. The Kier molecular flexibility index (Phi) is 11.6. The lowest BCUT2D eigenvalue weighted by molar-refractivity contribution is -0.157. The van der Waals surface area contributed by atoms with E-state index in [4.69, 9.17) is 16.4 Å². The standard InChI is InChI=1S/C18H21N9O6S4.2ClH/c1-7-24-25-17(37-7)36-6-18(15(31)32)4-27-13(30)11(14(27)35-5-18)22-12(29)10(8-3-34-16(19)21-8)26-33-2-9(28)23-20;;/h3,11,14H,2,4-6,20H2,1H3,(H2,19,21)(H,22,29)(H,23,28)(H,31,32);2*1H/t11?,14-,18?;;/m1../s1. The first-order valence-electron chi connectivity index (χ1n) is 10.4. The number of anilines is 1. The van der Waals surface area contributed by atoms with Crippen LogP contribution in [0.5, 0.6) is 0 Å². The first-order valence-corrected chi connectivity index (χ1v) is 14.2. The average molecular weight is 661 g/mol. The molecule has 3 amide bonds. The molecule has 0 radical (unpaired) electrons. The summed E-state index contributed by atoms with van der Waals surface area (Å²) in [5.74, 6) is 2.56. The third kappa shape index (κ3) is 7.21. The van der Waals surface area contributed by atoms with Crippen LogP contribution >= 0.6 is 71.0 Å². The minimum absolute atomic E-state index is 0. The number of nitrogens with zero attached hydrogens (tertiary/aromatic N) is 5. The van der Waals surface area contributed by atoms with Crippen molar-refractivity contribution in [3.05, 3.63) is 16.1 Å². The van der Waals surface area contributed by atoms with E-state index >= 15 is 0 Å². The number of aliphatic carboxylic acids is 1. The quantitative estimate of drug-likeness (QED) is 0.0552. The number of amides is 3. The molecule has 2 aliphatic heterocycles. The van der Waals surface area contributed by atoms with Crippen molar-refractivity contribution >= 4 is 106 Å². The number of carbonyl (C=O) groups excluding carboxylic acids is 3. The van der Waals surface area contributed by atoms with Crippen LogP contribution < -0.4 is 22.3 Å². The normalized spacial score (nSPS) is 21.9. The summed E-state index contributed by atoms with van der Waals surface area (Å²) < 4.78 is 0.658. The van der Waals surface area contributed by atoms with E-state index in [1.165, 1.54) is 45.1 Å². The third-order valence-electron chi connectivity index (χ3n) is 5.36. The Morgan fingerprint density at radius 2 is 2.10 bits per heavy atom. The lowest BCUT2D eigenvalue weighted by atomic mass is 9.89. The van der Waals surface area contributed by atoms with Gasteiger partial charge in [0.05, 0.1) is 0 Å². The zero-order valence-electron chi connectivity index (χ0n) is 19.9. The highest BCUT2D eigenvalue weighted by atomic mass is 35.5. The van der Waals surface area contributed by atoms with E-state index in [1.807, 2.05) is 12.3 Å². The van der Waals surface area contributed by atoms with Crippen molar-refractivity contribution in [1.29, 1.82) is 0 Å². The molecule has 4 rings (SSSR count). The molecule has 15 nitrogen and oxygen atoms in total. The third-order valence-corrected chi connectivity index (χ3v) is 9.88. The summed E-state index contributed by atoms with van der Waals surface area (Å²) in [5.41, 5.74) is 6.15. The molecule has 0 spiro atoms. The number of fused-ring (bicyclic) bond motifs is 1. The maximum absolute atomic E-state index is 13.0. The van der Waals surface area contributed by atoms with Crippen LogP contribution in [0.15, 0.2) is 14.9 Å². The van der Waals surface area contributed by atoms with Crippen LogP contribution in [0.1, 0.15) is 10.7 Å². The fourth-order valence-electron chi connectivity index (χ4n) is 3.45. The molecular weight excluding hydrogens is 637 g/mol. The molecular formula is C18H23Cl2N9O6S4.